The maximum atomic E-state index is 9.26. The lowest BCUT2D eigenvalue weighted by Crippen LogP contribution is -2.30. The summed E-state index contributed by atoms with van der Waals surface area (Å²) in [5.41, 5.74) is -0.167. The van der Waals surface area contributed by atoms with E-state index in [-0.39, 0.29) is 5.62 Å². The minimum atomic E-state index is -0.167. The molecule has 1 fully saturated rings. The molecule has 2 heterocycles. The molecule has 1 aliphatic rings. The van der Waals surface area contributed by atoms with Crippen molar-refractivity contribution < 1.29 is 5.21 Å². The zero-order valence-electron chi connectivity index (χ0n) is 8.06. The second-order valence-electron chi connectivity index (χ2n) is 3.40. The van der Waals surface area contributed by atoms with Crippen LogP contribution in [-0.4, -0.2) is 33.0 Å². The highest BCUT2D eigenvalue weighted by atomic mass is 16.5. The van der Waals surface area contributed by atoms with Gasteiger partial charge in [-0.2, -0.15) is 9.97 Å². The van der Waals surface area contributed by atoms with Gasteiger partial charge in [-0.1, -0.05) is 0 Å². The van der Waals surface area contributed by atoms with Crippen LogP contribution in [0.1, 0.15) is 18.7 Å². The molecular formula is C8H13N5O. The summed E-state index contributed by atoms with van der Waals surface area (Å²) >= 11 is 0. The van der Waals surface area contributed by atoms with Gasteiger partial charge in [0.1, 0.15) is 5.82 Å². The molecule has 0 aliphatic carbocycles. The largest absolute Gasteiger partial charge is 0.424 e. The molecule has 1 aliphatic heterocycles. The summed E-state index contributed by atoms with van der Waals surface area (Å²) < 4.78 is 0.680. The first-order valence-electron chi connectivity index (χ1n) is 4.65. The van der Waals surface area contributed by atoms with Crippen LogP contribution >= 0.6 is 0 Å². The Hall–Kier alpha value is -1.59. The normalized spacial score (nSPS) is 16.2. The first-order valence-corrected chi connectivity index (χ1v) is 4.65. The summed E-state index contributed by atoms with van der Waals surface area (Å²) in [7, 11) is 0. The summed E-state index contributed by atoms with van der Waals surface area (Å²) in [4.78, 5) is 10.1. The molecule has 0 unspecified atom stereocenters. The van der Waals surface area contributed by atoms with Gasteiger partial charge in [0.2, 0.25) is 5.95 Å². The van der Waals surface area contributed by atoms with E-state index in [1.165, 1.54) is 0 Å². The van der Waals surface area contributed by atoms with E-state index < -0.39 is 0 Å². The fraction of sp³-hybridized carbons (Fsp3) is 0.625. The molecule has 0 saturated carbocycles. The van der Waals surface area contributed by atoms with E-state index in [1.54, 1.807) is 6.92 Å². The van der Waals surface area contributed by atoms with Crippen LogP contribution in [0, 0.1) is 12.3 Å². The van der Waals surface area contributed by atoms with E-state index in [0.29, 0.717) is 16.5 Å². The number of anilines is 1. The molecule has 76 valence electrons. The molecule has 14 heavy (non-hydrogen) atoms. The topological polar surface area (TPSA) is 78.0 Å². The molecule has 0 aromatic carbocycles. The van der Waals surface area contributed by atoms with Crippen molar-refractivity contribution in [2.45, 2.75) is 19.8 Å². The first kappa shape index (κ1) is 8.98. The smallest absolute Gasteiger partial charge is 0.260 e. The second-order valence-corrected chi connectivity index (χ2v) is 3.40. The maximum absolute atomic E-state index is 9.26. The molecule has 2 rings (SSSR count). The molecule has 1 aromatic heterocycles. The van der Waals surface area contributed by atoms with Gasteiger partial charge in [0.25, 0.3) is 5.62 Å². The van der Waals surface area contributed by atoms with Gasteiger partial charge in [0, 0.05) is 13.1 Å². The van der Waals surface area contributed by atoms with Crippen molar-refractivity contribution in [1.82, 2.24) is 14.7 Å². The molecule has 0 spiro atoms. The van der Waals surface area contributed by atoms with Gasteiger partial charge in [-0.25, -0.2) is 0 Å². The Balaban J connectivity index is 2.39. The van der Waals surface area contributed by atoms with Crippen LogP contribution in [-0.2, 0) is 0 Å². The number of rotatable bonds is 1. The summed E-state index contributed by atoms with van der Waals surface area (Å²) in [6.07, 6.45) is 2.29. The van der Waals surface area contributed by atoms with Crippen molar-refractivity contribution in [1.29, 1.82) is 5.41 Å². The number of aromatic nitrogens is 3. The minimum absolute atomic E-state index is 0.167. The predicted molar refractivity (Wildman–Crippen MR) is 49.2 cm³/mol. The maximum Gasteiger partial charge on any atom is 0.260 e. The van der Waals surface area contributed by atoms with Gasteiger partial charge in [-0.3, -0.25) is 5.41 Å². The van der Waals surface area contributed by atoms with E-state index in [9.17, 15) is 5.21 Å². The van der Waals surface area contributed by atoms with Crippen molar-refractivity contribution in [3.8, 4) is 0 Å². The van der Waals surface area contributed by atoms with Gasteiger partial charge >= 0.3 is 0 Å². The first-order chi connectivity index (χ1) is 6.68. The van der Waals surface area contributed by atoms with Gasteiger partial charge in [-0.15, -0.1) is 4.73 Å². The fourth-order valence-corrected chi connectivity index (χ4v) is 1.57. The van der Waals surface area contributed by atoms with Crippen LogP contribution in [0.3, 0.4) is 0 Å². The summed E-state index contributed by atoms with van der Waals surface area (Å²) in [5, 5.41) is 16.7. The number of hydrogen-bond donors (Lipinski definition) is 2. The van der Waals surface area contributed by atoms with Crippen LogP contribution in [0.5, 0.6) is 0 Å². The molecule has 0 atom stereocenters. The van der Waals surface area contributed by atoms with Gasteiger partial charge in [-0.05, 0) is 19.8 Å². The highest BCUT2D eigenvalue weighted by Gasteiger charge is 2.16. The summed E-state index contributed by atoms with van der Waals surface area (Å²) in [5.74, 6) is 0.946. The number of aryl methyl sites for hydroxylation is 1. The molecule has 1 aromatic rings. The minimum Gasteiger partial charge on any atom is -0.424 e. The highest BCUT2D eigenvalue weighted by molar-refractivity contribution is 5.29. The third-order valence-electron chi connectivity index (χ3n) is 2.36. The van der Waals surface area contributed by atoms with E-state index >= 15 is 0 Å². The van der Waals surface area contributed by atoms with Crippen LogP contribution in [0.25, 0.3) is 0 Å². The SMILES string of the molecule is Cc1nc(N2CCCC2)nc(=N)n1O. The fourth-order valence-electron chi connectivity index (χ4n) is 1.57. The summed E-state index contributed by atoms with van der Waals surface area (Å²) in [6, 6.07) is 0. The Morgan fingerprint density at radius 1 is 1.29 bits per heavy atom. The second kappa shape index (κ2) is 3.28. The van der Waals surface area contributed by atoms with Gasteiger partial charge < -0.3 is 10.1 Å². The van der Waals surface area contributed by atoms with Crippen LogP contribution < -0.4 is 10.5 Å². The van der Waals surface area contributed by atoms with E-state index in [1.807, 2.05) is 4.90 Å². The van der Waals surface area contributed by atoms with Crippen molar-refractivity contribution in [3.05, 3.63) is 11.4 Å². The van der Waals surface area contributed by atoms with Gasteiger partial charge in [0.15, 0.2) is 0 Å². The van der Waals surface area contributed by atoms with Crippen molar-refractivity contribution in [2.24, 2.45) is 0 Å². The standard InChI is InChI=1S/C8H13N5O/c1-6-10-8(11-7(9)13(6)14)12-4-2-3-5-12/h9,14H,2-5H2,1H3. The number of nitrogens with zero attached hydrogens (tertiary/aromatic N) is 4. The van der Waals surface area contributed by atoms with Crippen molar-refractivity contribution >= 4 is 5.95 Å². The lowest BCUT2D eigenvalue weighted by molar-refractivity contribution is 0.153. The van der Waals surface area contributed by atoms with Crippen LogP contribution in [0.2, 0.25) is 0 Å². The van der Waals surface area contributed by atoms with Crippen LogP contribution in [0.4, 0.5) is 5.95 Å². The Kier molecular flexibility index (Phi) is 2.11. The van der Waals surface area contributed by atoms with E-state index in [0.717, 1.165) is 25.9 Å². The van der Waals surface area contributed by atoms with Crippen molar-refractivity contribution in [2.75, 3.05) is 18.0 Å². The number of nitrogens with one attached hydrogen (secondary N) is 1. The monoisotopic (exact) mass is 195 g/mol. The molecule has 6 heteroatoms. The lowest BCUT2D eigenvalue weighted by atomic mass is 10.4. The Bertz CT molecular complexity index is 393. The zero-order valence-corrected chi connectivity index (χ0v) is 8.06. The van der Waals surface area contributed by atoms with E-state index in [4.69, 9.17) is 5.41 Å². The van der Waals surface area contributed by atoms with Gasteiger partial charge in [0.05, 0.1) is 0 Å². The molecule has 1 saturated heterocycles. The third-order valence-corrected chi connectivity index (χ3v) is 2.36. The Morgan fingerprint density at radius 3 is 2.50 bits per heavy atom. The molecule has 2 N–H and O–H groups in total. The molecule has 0 radical (unpaired) electrons. The molecule has 0 bridgehead atoms. The van der Waals surface area contributed by atoms with Crippen molar-refractivity contribution in [3.63, 3.8) is 0 Å². The Labute approximate surface area is 81.3 Å². The quantitative estimate of drug-likeness (QED) is 0.613. The van der Waals surface area contributed by atoms with Crippen LogP contribution in [0.15, 0.2) is 0 Å². The average Bonchev–Trinajstić information content (AvgIpc) is 2.66. The third kappa shape index (κ3) is 1.43. The zero-order chi connectivity index (χ0) is 10.1. The Morgan fingerprint density at radius 2 is 1.93 bits per heavy atom. The number of hydrogen-bond acceptors (Lipinski definition) is 5. The lowest BCUT2D eigenvalue weighted by Gasteiger charge is -2.15. The van der Waals surface area contributed by atoms with E-state index in [2.05, 4.69) is 9.97 Å². The highest BCUT2D eigenvalue weighted by Crippen LogP contribution is 2.13. The molecule has 6 nitrogen and oxygen atoms in total. The molecular weight excluding hydrogens is 182 g/mol. The molecule has 0 amide bonds. The predicted octanol–water partition coefficient (Wildman–Crippen LogP) is -0.0965. The average molecular weight is 195 g/mol. The summed E-state index contributed by atoms with van der Waals surface area (Å²) in [6.45, 7) is 3.53.